The Morgan fingerprint density at radius 3 is 2.59 bits per heavy atom. The second kappa shape index (κ2) is 7.98. The number of carbonyl (C=O) groups is 2. The molecule has 1 saturated carbocycles. The van der Waals surface area contributed by atoms with Gasteiger partial charge in [0.25, 0.3) is 0 Å². The predicted octanol–water partition coefficient (Wildman–Crippen LogP) is 2.53. The minimum atomic E-state index is -2.98. The Morgan fingerprint density at radius 1 is 1.30 bits per heavy atom. The van der Waals surface area contributed by atoms with E-state index in [1.807, 2.05) is 0 Å². The molecule has 1 aromatic rings. The molecule has 1 heterocycles. The van der Waals surface area contributed by atoms with Crippen LogP contribution in [0.1, 0.15) is 26.2 Å². The highest BCUT2D eigenvalue weighted by Gasteiger charge is 2.39. The van der Waals surface area contributed by atoms with Gasteiger partial charge in [0.2, 0.25) is 5.91 Å². The normalized spacial score (nSPS) is 22.0. The maximum atomic E-state index is 12.6. The first kappa shape index (κ1) is 19.2. The van der Waals surface area contributed by atoms with Gasteiger partial charge in [0, 0.05) is 19.4 Å². The highest BCUT2D eigenvalue weighted by Crippen LogP contribution is 2.36. The summed E-state index contributed by atoms with van der Waals surface area (Å²) in [7, 11) is 0. The molecule has 148 valence electrons. The van der Waals surface area contributed by atoms with E-state index in [0.717, 1.165) is 12.8 Å². The van der Waals surface area contributed by atoms with Crippen molar-refractivity contribution in [3.63, 3.8) is 0 Å². The van der Waals surface area contributed by atoms with Crippen molar-refractivity contribution >= 4 is 11.9 Å². The van der Waals surface area contributed by atoms with E-state index in [0.29, 0.717) is 18.3 Å². The molecule has 0 radical (unpaired) electrons. The van der Waals surface area contributed by atoms with Crippen LogP contribution in [0.3, 0.4) is 0 Å². The monoisotopic (exact) mass is 385 g/mol. The number of carbonyl (C=O) groups excluding carboxylic acids is 1. The molecule has 1 aliphatic heterocycles. The number of likely N-dealkylation sites (tertiary alicyclic amines) is 1. The molecular weight excluding hydrogens is 364 g/mol. The van der Waals surface area contributed by atoms with Gasteiger partial charge in [-0.05, 0) is 30.9 Å². The molecule has 0 aromatic heterocycles. The van der Waals surface area contributed by atoms with Gasteiger partial charge < -0.3 is 24.2 Å². The maximum absolute atomic E-state index is 12.6. The third-order valence-corrected chi connectivity index (χ3v) is 4.56. The van der Waals surface area contributed by atoms with Crippen molar-refractivity contribution in [3.8, 4) is 17.2 Å². The largest absolute Gasteiger partial charge is 0.489 e. The van der Waals surface area contributed by atoms with Crippen LogP contribution >= 0.6 is 0 Å². The topological polar surface area (TPSA) is 85.3 Å². The average Bonchev–Trinajstić information content (AvgIpc) is 3.32. The van der Waals surface area contributed by atoms with Gasteiger partial charge in [0.05, 0.1) is 13.2 Å². The smallest absolute Gasteiger partial charge is 0.387 e. The summed E-state index contributed by atoms with van der Waals surface area (Å²) in [6.45, 7) is -1.13. The van der Waals surface area contributed by atoms with Crippen LogP contribution in [0.25, 0.3) is 0 Å². The number of rotatable bonds is 8. The van der Waals surface area contributed by atoms with Crippen LogP contribution in [-0.4, -0.2) is 53.8 Å². The quantitative estimate of drug-likeness (QED) is 0.740. The molecule has 2 aliphatic rings. The van der Waals surface area contributed by atoms with Crippen molar-refractivity contribution in [2.24, 2.45) is 5.92 Å². The number of carboxylic acid groups (broad SMARTS) is 1. The van der Waals surface area contributed by atoms with Gasteiger partial charge in [-0.15, -0.1) is 0 Å². The molecule has 0 unspecified atom stereocenters. The van der Waals surface area contributed by atoms with E-state index in [9.17, 15) is 23.5 Å². The fourth-order valence-electron chi connectivity index (χ4n) is 3.02. The summed E-state index contributed by atoms with van der Waals surface area (Å²) in [4.78, 5) is 24.2. The summed E-state index contributed by atoms with van der Waals surface area (Å²) in [5, 5.41) is 9.25. The van der Waals surface area contributed by atoms with Gasteiger partial charge >= 0.3 is 12.6 Å². The van der Waals surface area contributed by atoms with E-state index < -0.39 is 24.7 Å². The Balaban J connectivity index is 1.71. The predicted molar refractivity (Wildman–Crippen MR) is 89.1 cm³/mol. The zero-order valence-corrected chi connectivity index (χ0v) is 14.8. The average molecular weight is 385 g/mol. The molecule has 1 aliphatic carbocycles. The maximum Gasteiger partial charge on any atom is 0.387 e. The number of aliphatic carboxylic acids is 1. The molecule has 0 spiro atoms. The molecule has 9 heteroatoms. The number of ether oxygens (including phenoxy) is 3. The summed E-state index contributed by atoms with van der Waals surface area (Å²) >= 11 is 0. The molecule has 1 amide bonds. The minimum Gasteiger partial charge on any atom is -0.489 e. The van der Waals surface area contributed by atoms with Crippen LogP contribution in [0.5, 0.6) is 17.2 Å². The van der Waals surface area contributed by atoms with Crippen molar-refractivity contribution in [1.82, 2.24) is 4.90 Å². The van der Waals surface area contributed by atoms with E-state index in [-0.39, 0.29) is 30.4 Å². The summed E-state index contributed by atoms with van der Waals surface area (Å²) in [5.41, 5.74) is 0. The molecule has 1 N–H and O–H groups in total. The standard InChI is InChI=1S/C18H21F2NO6/c1-10(22)21-8-13(6-14(21)17(23)24)26-12-4-5-15(27-18(19)20)16(7-12)25-9-11-2-3-11/h4-5,7,11,13-14,18H,2-3,6,8-9H2,1H3,(H,23,24)/t13-,14+/m0/s1. The molecule has 2 fully saturated rings. The summed E-state index contributed by atoms with van der Waals surface area (Å²) in [5.74, 6) is -0.617. The first-order valence-electron chi connectivity index (χ1n) is 8.71. The molecule has 27 heavy (non-hydrogen) atoms. The van der Waals surface area contributed by atoms with Crippen molar-refractivity contribution in [2.45, 2.75) is 44.9 Å². The Bertz CT molecular complexity index is 687. The lowest BCUT2D eigenvalue weighted by atomic mass is 10.2. The van der Waals surface area contributed by atoms with Crippen LogP contribution in [-0.2, 0) is 9.59 Å². The Labute approximate surface area is 154 Å². The van der Waals surface area contributed by atoms with Crippen LogP contribution in [0, 0.1) is 5.92 Å². The van der Waals surface area contributed by atoms with Crippen LogP contribution in [0.2, 0.25) is 0 Å². The SMILES string of the molecule is CC(=O)N1C[C@@H](Oc2ccc(OC(F)F)c(OCC3CC3)c2)C[C@@H]1C(=O)O. The Hall–Kier alpha value is -2.58. The van der Waals surface area contributed by atoms with Crippen molar-refractivity contribution in [3.05, 3.63) is 18.2 Å². The summed E-state index contributed by atoms with van der Waals surface area (Å²) in [6, 6.07) is 3.29. The van der Waals surface area contributed by atoms with Gasteiger partial charge in [0.15, 0.2) is 11.5 Å². The second-order valence-corrected chi connectivity index (χ2v) is 6.74. The van der Waals surface area contributed by atoms with Crippen molar-refractivity contribution < 1.29 is 37.7 Å². The van der Waals surface area contributed by atoms with Crippen LogP contribution in [0.4, 0.5) is 8.78 Å². The van der Waals surface area contributed by atoms with Gasteiger partial charge in [0.1, 0.15) is 17.9 Å². The van der Waals surface area contributed by atoms with Gasteiger partial charge in [-0.2, -0.15) is 8.78 Å². The second-order valence-electron chi connectivity index (χ2n) is 6.74. The lowest BCUT2D eigenvalue weighted by Crippen LogP contribution is -2.39. The van der Waals surface area contributed by atoms with Gasteiger partial charge in [-0.1, -0.05) is 0 Å². The lowest BCUT2D eigenvalue weighted by Gasteiger charge is -2.19. The number of amides is 1. The van der Waals surface area contributed by atoms with E-state index in [2.05, 4.69) is 4.74 Å². The highest BCUT2D eigenvalue weighted by atomic mass is 19.3. The molecule has 3 rings (SSSR count). The number of hydrogen-bond acceptors (Lipinski definition) is 5. The highest BCUT2D eigenvalue weighted by molar-refractivity contribution is 5.83. The summed E-state index contributed by atoms with van der Waals surface area (Å²) < 4.78 is 41.0. The van der Waals surface area contributed by atoms with E-state index in [1.54, 1.807) is 0 Å². The zero-order valence-electron chi connectivity index (χ0n) is 14.8. The zero-order chi connectivity index (χ0) is 19.6. The van der Waals surface area contributed by atoms with E-state index >= 15 is 0 Å². The van der Waals surface area contributed by atoms with E-state index in [4.69, 9.17) is 9.47 Å². The molecule has 1 aromatic carbocycles. The van der Waals surface area contributed by atoms with Gasteiger partial charge in [-0.25, -0.2) is 4.79 Å². The molecule has 7 nitrogen and oxygen atoms in total. The number of nitrogens with zero attached hydrogens (tertiary/aromatic N) is 1. The molecule has 1 saturated heterocycles. The third-order valence-electron chi connectivity index (χ3n) is 4.56. The fourth-order valence-corrected chi connectivity index (χ4v) is 3.02. The van der Waals surface area contributed by atoms with Crippen LogP contribution in [0.15, 0.2) is 18.2 Å². The van der Waals surface area contributed by atoms with Crippen molar-refractivity contribution in [1.29, 1.82) is 0 Å². The number of hydrogen-bond donors (Lipinski definition) is 1. The molecule has 2 atom stereocenters. The van der Waals surface area contributed by atoms with Crippen LogP contribution < -0.4 is 14.2 Å². The number of halogens is 2. The lowest BCUT2D eigenvalue weighted by molar-refractivity contribution is -0.147. The van der Waals surface area contributed by atoms with E-state index in [1.165, 1.54) is 30.0 Å². The van der Waals surface area contributed by atoms with Gasteiger partial charge in [-0.3, -0.25) is 4.79 Å². The first-order valence-corrected chi connectivity index (χ1v) is 8.71. The Kier molecular flexibility index (Phi) is 5.67. The molecular formula is C18H21F2NO6. The number of benzene rings is 1. The first-order chi connectivity index (χ1) is 12.8. The Morgan fingerprint density at radius 2 is 2.04 bits per heavy atom. The third kappa shape index (κ3) is 4.99. The summed E-state index contributed by atoms with van der Waals surface area (Å²) in [6.07, 6.45) is 1.71. The number of carboxylic acids is 1. The van der Waals surface area contributed by atoms with Crippen molar-refractivity contribution in [2.75, 3.05) is 13.2 Å². The molecule has 0 bridgehead atoms. The fraction of sp³-hybridized carbons (Fsp3) is 0.556. The minimum absolute atomic E-state index is 0.0850. The number of alkyl halides is 2.